The van der Waals surface area contributed by atoms with E-state index in [9.17, 15) is 9.59 Å². The van der Waals surface area contributed by atoms with E-state index in [0.29, 0.717) is 23.5 Å². The van der Waals surface area contributed by atoms with Gasteiger partial charge in [0.25, 0.3) is 5.91 Å². The first kappa shape index (κ1) is 19.0. The Bertz CT molecular complexity index is 751. The molecule has 6 nitrogen and oxygen atoms in total. The molecule has 1 atom stereocenters. The van der Waals surface area contributed by atoms with E-state index in [-0.39, 0.29) is 6.61 Å². The van der Waals surface area contributed by atoms with Crippen LogP contribution in [-0.4, -0.2) is 36.2 Å². The Hall–Kier alpha value is -2.38. The standard InChI is InChI=1S/C18H19BrN2O4/c1-12(17(23)21-14-6-4-5-13(19)11-14)25-18(24)15-7-2-3-8-16(15)20-9-10-22/h2-8,11-12,20,22H,9-10H2,1H3,(H,21,23). The summed E-state index contributed by atoms with van der Waals surface area (Å²) in [7, 11) is 0. The zero-order chi connectivity index (χ0) is 18.2. The lowest BCUT2D eigenvalue weighted by Crippen LogP contribution is -2.30. The molecule has 0 aliphatic rings. The van der Waals surface area contributed by atoms with E-state index in [1.165, 1.54) is 6.92 Å². The summed E-state index contributed by atoms with van der Waals surface area (Å²) < 4.78 is 6.09. The predicted octanol–water partition coefficient (Wildman–Crippen LogP) is 3.04. The summed E-state index contributed by atoms with van der Waals surface area (Å²) >= 11 is 3.33. The zero-order valence-corrected chi connectivity index (χ0v) is 15.2. The number of amides is 1. The number of ether oxygens (including phenoxy) is 1. The lowest BCUT2D eigenvalue weighted by molar-refractivity contribution is -0.123. The molecule has 0 aromatic heterocycles. The molecule has 2 aromatic carbocycles. The number of anilines is 2. The number of rotatable bonds is 7. The molecule has 1 unspecified atom stereocenters. The topological polar surface area (TPSA) is 87.7 Å². The Balaban J connectivity index is 2.01. The Morgan fingerprint density at radius 3 is 2.68 bits per heavy atom. The molecule has 132 valence electrons. The summed E-state index contributed by atoms with van der Waals surface area (Å²) in [5, 5.41) is 14.5. The number of carbonyl (C=O) groups is 2. The number of para-hydroxylation sites is 1. The molecule has 0 fully saturated rings. The molecule has 0 radical (unpaired) electrons. The Labute approximate surface area is 154 Å². The number of nitrogens with one attached hydrogen (secondary N) is 2. The first-order chi connectivity index (χ1) is 12.0. The second kappa shape index (κ2) is 9.19. The lowest BCUT2D eigenvalue weighted by Gasteiger charge is -2.15. The van der Waals surface area contributed by atoms with Crippen LogP contribution in [0, 0.1) is 0 Å². The van der Waals surface area contributed by atoms with Gasteiger partial charge in [0.15, 0.2) is 6.10 Å². The summed E-state index contributed by atoms with van der Waals surface area (Å²) in [6, 6.07) is 13.9. The number of carbonyl (C=O) groups excluding carboxylic acids is 2. The van der Waals surface area contributed by atoms with Gasteiger partial charge in [0.05, 0.1) is 12.2 Å². The number of hydrogen-bond acceptors (Lipinski definition) is 5. The fourth-order valence-corrected chi connectivity index (χ4v) is 2.49. The van der Waals surface area contributed by atoms with Crippen LogP contribution < -0.4 is 10.6 Å². The SMILES string of the molecule is CC(OC(=O)c1ccccc1NCCO)C(=O)Nc1cccc(Br)c1. The van der Waals surface area contributed by atoms with Crippen molar-refractivity contribution >= 4 is 39.2 Å². The maximum atomic E-state index is 12.3. The van der Waals surface area contributed by atoms with Crippen molar-refractivity contribution in [1.29, 1.82) is 0 Å². The normalized spacial score (nSPS) is 11.5. The van der Waals surface area contributed by atoms with Gasteiger partial charge in [-0.1, -0.05) is 34.1 Å². The molecule has 0 aliphatic heterocycles. The highest BCUT2D eigenvalue weighted by Crippen LogP contribution is 2.18. The van der Waals surface area contributed by atoms with Crippen molar-refractivity contribution in [2.45, 2.75) is 13.0 Å². The van der Waals surface area contributed by atoms with Crippen LogP contribution in [0.15, 0.2) is 53.0 Å². The number of hydrogen-bond donors (Lipinski definition) is 3. The molecule has 0 saturated heterocycles. The van der Waals surface area contributed by atoms with E-state index in [0.717, 1.165) is 4.47 Å². The molecule has 0 aliphatic carbocycles. The Morgan fingerprint density at radius 1 is 1.20 bits per heavy atom. The number of esters is 1. The van der Waals surface area contributed by atoms with Crippen molar-refractivity contribution in [3.63, 3.8) is 0 Å². The zero-order valence-electron chi connectivity index (χ0n) is 13.7. The highest BCUT2D eigenvalue weighted by Gasteiger charge is 2.20. The van der Waals surface area contributed by atoms with Crippen molar-refractivity contribution in [3.05, 3.63) is 58.6 Å². The average molecular weight is 407 g/mol. The fourth-order valence-electron chi connectivity index (χ4n) is 2.09. The van der Waals surface area contributed by atoms with E-state index >= 15 is 0 Å². The summed E-state index contributed by atoms with van der Waals surface area (Å²) in [6.07, 6.45) is -0.961. The third kappa shape index (κ3) is 5.58. The monoisotopic (exact) mass is 406 g/mol. The van der Waals surface area contributed by atoms with Crippen LogP contribution in [0.1, 0.15) is 17.3 Å². The summed E-state index contributed by atoms with van der Waals surface area (Å²) in [5.74, 6) is -1.04. The summed E-state index contributed by atoms with van der Waals surface area (Å²) in [6.45, 7) is 1.76. The molecule has 3 N–H and O–H groups in total. The van der Waals surface area contributed by atoms with E-state index in [1.54, 1.807) is 42.5 Å². The van der Waals surface area contributed by atoms with Crippen molar-refractivity contribution in [2.24, 2.45) is 0 Å². The van der Waals surface area contributed by atoms with Gasteiger partial charge in [-0.3, -0.25) is 4.79 Å². The molecule has 0 bridgehead atoms. The number of aliphatic hydroxyl groups excluding tert-OH is 1. The first-order valence-corrected chi connectivity index (χ1v) is 8.51. The van der Waals surface area contributed by atoms with E-state index < -0.39 is 18.0 Å². The number of benzene rings is 2. The highest BCUT2D eigenvalue weighted by atomic mass is 79.9. The third-order valence-corrected chi connectivity index (χ3v) is 3.81. The molecule has 2 rings (SSSR count). The molecular weight excluding hydrogens is 388 g/mol. The van der Waals surface area contributed by atoms with Gasteiger partial charge in [-0.05, 0) is 37.3 Å². The molecule has 1 amide bonds. The van der Waals surface area contributed by atoms with Crippen LogP contribution in [-0.2, 0) is 9.53 Å². The second-order valence-electron chi connectivity index (χ2n) is 5.24. The minimum absolute atomic E-state index is 0.0607. The predicted molar refractivity (Wildman–Crippen MR) is 99.7 cm³/mol. The van der Waals surface area contributed by atoms with Crippen LogP contribution in [0.4, 0.5) is 11.4 Å². The smallest absolute Gasteiger partial charge is 0.341 e. The molecule has 25 heavy (non-hydrogen) atoms. The van der Waals surface area contributed by atoms with E-state index in [2.05, 4.69) is 26.6 Å². The van der Waals surface area contributed by atoms with Crippen molar-refractivity contribution < 1.29 is 19.4 Å². The maximum Gasteiger partial charge on any atom is 0.341 e. The van der Waals surface area contributed by atoms with Crippen LogP contribution in [0.2, 0.25) is 0 Å². The third-order valence-electron chi connectivity index (χ3n) is 3.32. The molecule has 0 heterocycles. The Kier molecular flexibility index (Phi) is 6.97. The van der Waals surface area contributed by atoms with Gasteiger partial charge in [-0.25, -0.2) is 4.79 Å². The molecular formula is C18H19BrN2O4. The number of aliphatic hydroxyl groups is 1. The van der Waals surface area contributed by atoms with Gasteiger partial charge in [0.1, 0.15) is 0 Å². The number of halogens is 1. The van der Waals surface area contributed by atoms with Crippen LogP contribution >= 0.6 is 15.9 Å². The van der Waals surface area contributed by atoms with Gasteiger partial charge >= 0.3 is 5.97 Å². The Morgan fingerprint density at radius 2 is 1.96 bits per heavy atom. The lowest BCUT2D eigenvalue weighted by atomic mass is 10.1. The largest absolute Gasteiger partial charge is 0.449 e. The van der Waals surface area contributed by atoms with Gasteiger partial charge in [0, 0.05) is 22.4 Å². The average Bonchev–Trinajstić information content (AvgIpc) is 2.60. The van der Waals surface area contributed by atoms with E-state index in [4.69, 9.17) is 9.84 Å². The van der Waals surface area contributed by atoms with Crippen molar-refractivity contribution in [3.8, 4) is 0 Å². The quantitative estimate of drug-likeness (QED) is 0.615. The van der Waals surface area contributed by atoms with Crippen LogP contribution in [0.25, 0.3) is 0 Å². The van der Waals surface area contributed by atoms with Crippen LogP contribution in [0.5, 0.6) is 0 Å². The molecule has 0 spiro atoms. The highest BCUT2D eigenvalue weighted by molar-refractivity contribution is 9.10. The van der Waals surface area contributed by atoms with Gasteiger partial charge in [-0.15, -0.1) is 0 Å². The molecule has 0 saturated carbocycles. The minimum Gasteiger partial charge on any atom is -0.449 e. The maximum absolute atomic E-state index is 12.3. The van der Waals surface area contributed by atoms with Gasteiger partial charge < -0.3 is 20.5 Å². The van der Waals surface area contributed by atoms with Crippen molar-refractivity contribution in [1.82, 2.24) is 0 Å². The molecule has 7 heteroatoms. The molecule has 2 aromatic rings. The summed E-state index contributed by atoms with van der Waals surface area (Å²) in [5.41, 5.74) is 1.45. The van der Waals surface area contributed by atoms with Gasteiger partial charge in [0.2, 0.25) is 0 Å². The first-order valence-electron chi connectivity index (χ1n) is 7.72. The van der Waals surface area contributed by atoms with Gasteiger partial charge in [-0.2, -0.15) is 0 Å². The van der Waals surface area contributed by atoms with E-state index in [1.807, 2.05) is 6.07 Å². The van der Waals surface area contributed by atoms with Crippen LogP contribution in [0.3, 0.4) is 0 Å². The fraction of sp³-hybridized carbons (Fsp3) is 0.222. The minimum atomic E-state index is -0.961. The summed E-state index contributed by atoms with van der Waals surface area (Å²) in [4.78, 5) is 24.5. The second-order valence-corrected chi connectivity index (χ2v) is 6.16. The van der Waals surface area contributed by atoms with Crippen molar-refractivity contribution in [2.75, 3.05) is 23.8 Å².